The molecule has 1 aromatic heterocycles. The van der Waals surface area contributed by atoms with E-state index in [2.05, 4.69) is 15.9 Å². The van der Waals surface area contributed by atoms with Crippen molar-refractivity contribution in [3.8, 4) is 0 Å². The maximum atomic E-state index is 12.2. The van der Waals surface area contributed by atoms with Gasteiger partial charge in [0.05, 0.1) is 4.88 Å². The summed E-state index contributed by atoms with van der Waals surface area (Å²) in [5.41, 5.74) is 1.00. The topological polar surface area (TPSA) is 17.1 Å². The molecule has 0 fully saturated rings. The molecule has 1 aromatic rings. The van der Waals surface area contributed by atoms with E-state index in [0.717, 1.165) is 22.2 Å². The Balaban J connectivity index is 2.22. The fraction of sp³-hybridized carbons (Fsp3) is 0.364. The van der Waals surface area contributed by atoms with Gasteiger partial charge in [-0.05, 0) is 24.1 Å². The number of rotatable bonds is 4. The monoisotopic (exact) mass is 334 g/mol. The molecular formula is C11H11BrOS3. The Hall–Kier alpha value is 0.290. The highest BCUT2D eigenvalue weighted by molar-refractivity contribution is 9.09. The summed E-state index contributed by atoms with van der Waals surface area (Å²) in [6.07, 6.45) is 2.93. The summed E-state index contributed by atoms with van der Waals surface area (Å²) >= 11 is 8.53. The van der Waals surface area contributed by atoms with Gasteiger partial charge in [0.25, 0.3) is 0 Å². The van der Waals surface area contributed by atoms with Crippen molar-refractivity contribution >= 4 is 56.6 Å². The Morgan fingerprint density at radius 2 is 2.50 bits per heavy atom. The van der Waals surface area contributed by atoms with Gasteiger partial charge in [0, 0.05) is 20.4 Å². The van der Waals surface area contributed by atoms with Crippen molar-refractivity contribution in [1.29, 1.82) is 0 Å². The molecule has 5 heteroatoms. The summed E-state index contributed by atoms with van der Waals surface area (Å²) in [5.74, 6) is 0.218. The molecule has 1 nitrogen and oxygen atoms in total. The van der Waals surface area contributed by atoms with Crippen LogP contribution in [0.25, 0.3) is 0 Å². The maximum absolute atomic E-state index is 12.2. The van der Waals surface area contributed by atoms with Crippen LogP contribution in [0.3, 0.4) is 0 Å². The van der Waals surface area contributed by atoms with E-state index in [1.807, 2.05) is 35.5 Å². The summed E-state index contributed by atoms with van der Waals surface area (Å²) in [6, 6.07) is 3.84. The number of halogens is 1. The van der Waals surface area contributed by atoms with Crippen molar-refractivity contribution < 1.29 is 4.79 Å². The molecule has 0 amide bonds. The smallest absolute Gasteiger partial charge is 0.200 e. The number of hydrogen-bond donors (Lipinski definition) is 0. The molecule has 16 heavy (non-hydrogen) atoms. The number of ketones is 1. The molecule has 2 heterocycles. The van der Waals surface area contributed by atoms with E-state index in [9.17, 15) is 4.79 Å². The first-order chi connectivity index (χ1) is 7.76. The van der Waals surface area contributed by atoms with Crippen LogP contribution in [0.1, 0.15) is 16.1 Å². The zero-order chi connectivity index (χ0) is 11.5. The molecule has 1 aliphatic heterocycles. The Bertz CT molecular complexity index is 411. The number of Topliss-reactive ketones (excluding diaryl/α,β-unsaturated/α-hetero) is 1. The predicted molar refractivity (Wildman–Crippen MR) is 79.0 cm³/mol. The van der Waals surface area contributed by atoms with Crippen LogP contribution in [-0.2, 0) is 0 Å². The number of hydrogen-bond acceptors (Lipinski definition) is 4. The van der Waals surface area contributed by atoms with Crippen LogP contribution in [0, 0.1) is 0 Å². The molecule has 1 atom stereocenters. The van der Waals surface area contributed by atoms with Gasteiger partial charge in [0.2, 0.25) is 5.78 Å². The highest BCUT2D eigenvalue weighted by Crippen LogP contribution is 2.45. The number of thioether (sulfide) groups is 2. The zero-order valence-electron chi connectivity index (χ0n) is 8.73. The highest BCUT2D eigenvalue weighted by Gasteiger charge is 2.29. The van der Waals surface area contributed by atoms with Crippen molar-refractivity contribution in [3.05, 3.63) is 32.2 Å². The lowest BCUT2D eigenvalue weighted by Crippen LogP contribution is -2.05. The lowest BCUT2D eigenvalue weighted by atomic mass is 10.1. The highest BCUT2D eigenvalue weighted by atomic mass is 79.9. The van der Waals surface area contributed by atoms with Gasteiger partial charge in [0.1, 0.15) is 0 Å². The molecule has 0 spiro atoms. The third kappa shape index (κ3) is 2.58. The fourth-order valence-corrected chi connectivity index (χ4v) is 5.04. The average Bonchev–Trinajstić information content (AvgIpc) is 2.96. The first-order valence-corrected chi connectivity index (χ1v) is 8.94. The standard InChI is InChI=1S/C11H11BrOS3/c1-14-11-8(5-7(6-12)16-11)10(13)9-3-2-4-15-9/h2-4,7H,5-6H2,1H3. The van der Waals surface area contributed by atoms with Gasteiger partial charge in [-0.1, -0.05) is 22.0 Å². The predicted octanol–water partition coefficient (Wildman–Crippen LogP) is 4.41. The molecule has 1 aliphatic rings. The van der Waals surface area contributed by atoms with E-state index in [0.29, 0.717) is 5.25 Å². The van der Waals surface area contributed by atoms with Gasteiger partial charge < -0.3 is 0 Å². The molecule has 0 radical (unpaired) electrons. The summed E-state index contributed by atoms with van der Waals surface area (Å²) < 4.78 is 1.20. The average molecular weight is 335 g/mol. The molecule has 0 bridgehead atoms. The summed E-state index contributed by atoms with van der Waals surface area (Å²) in [5, 5.41) is 3.42. The van der Waals surface area contributed by atoms with E-state index < -0.39 is 0 Å². The second-order valence-electron chi connectivity index (χ2n) is 3.37. The van der Waals surface area contributed by atoms with Gasteiger partial charge in [-0.15, -0.1) is 34.9 Å². The first-order valence-electron chi connectivity index (χ1n) is 4.84. The Morgan fingerprint density at radius 3 is 3.06 bits per heavy atom. The van der Waals surface area contributed by atoms with Gasteiger partial charge in [-0.2, -0.15) is 0 Å². The molecule has 1 unspecified atom stereocenters. The number of carbonyl (C=O) groups excluding carboxylic acids is 1. The molecule has 0 aromatic carbocycles. The minimum Gasteiger partial charge on any atom is -0.288 e. The van der Waals surface area contributed by atoms with Crippen LogP contribution in [-0.4, -0.2) is 22.6 Å². The largest absolute Gasteiger partial charge is 0.288 e. The first kappa shape index (κ1) is 12.7. The van der Waals surface area contributed by atoms with E-state index in [1.165, 1.54) is 15.6 Å². The van der Waals surface area contributed by atoms with Gasteiger partial charge in [0.15, 0.2) is 0 Å². The van der Waals surface area contributed by atoms with Crippen molar-refractivity contribution in [3.63, 3.8) is 0 Å². The van der Waals surface area contributed by atoms with Crippen molar-refractivity contribution in [2.24, 2.45) is 0 Å². The van der Waals surface area contributed by atoms with Crippen LogP contribution in [0.15, 0.2) is 27.3 Å². The molecule has 0 N–H and O–H groups in total. The molecule has 86 valence electrons. The lowest BCUT2D eigenvalue weighted by Gasteiger charge is -2.02. The Morgan fingerprint density at radius 1 is 1.69 bits per heavy atom. The lowest BCUT2D eigenvalue weighted by molar-refractivity contribution is 0.103. The summed E-state index contributed by atoms with van der Waals surface area (Å²) in [4.78, 5) is 13.1. The second-order valence-corrected chi connectivity index (χ2v) is 7.36. The fourth-order valence-electron chi connectivity index (χ4n) is 1.57. The molecule has 0 saturated heterocycles. The second kappa shape index (κ2) is 5.76. The number of carbonyl (C=O) groups is 1. The van der Waals surface area contributed by atoms with Crippen LogP contribution in [0.2, 0.25) is 0 Å². The van der Waals surface area contributed by atoms with Crippen molar-refractivity contribution in [2.45, 2.75) is 11.7 Å². The zero-order valence-corrected chi connectivity index (χ0v) is 12.8. The normalized spacial score (nSPS) is 20.5. The van der Waals surface area contributed by atoms with Crippen molar-refractivity contribution in [2.75, 3.05) is 11.6 Å². The van der Waals surface area contributed by atoms with E-state index >= 15 is 0 Å². The quantitative estimate of drug-likeness (QED) is 0.599. The van der Waals surface area contributed by atoms with Gasteiger partial charge in [-0.25, -0.2) is 0 Å². The Labute approximate surface area is 116 Å². The summed E-state index contributed by atoms with van der Waals surface area (Å²) in [7, 11) is 0. The number of allylic oxidation sites excluding steroid dienone is 1. The van der Waals surface area contributed by atoms with Crippen LogP contribution in [0.4, 0.5) is 0 Å². The Kier molecular flexibility index (Phi) is 4.58. The molecule has 0 saturated carbocycles. The third-order valence-corrected chi connectivity index (χ3v) is 6.94. The molecule has 0 aliphatic carbocycles. The van der Waals surface area contributed by atoms with Crippen LogP contribution < -0.4 is 0 Å². The van der Waals surface area contributed by atoms with Crippen LogP contribution >= 0.6 is 50.8 Å². The minimum absolute atomic E-state index is 0.218. The van der Waals surface area contributed by atoms with Crippen molar-refractivity contribution in [1.82, 2.24) is 0 Å². The molecule has 2 rings (SSSR count). The van der Waals surface area contributed by atoms with E-state index in [1.54, 1.807) is 11.8 Å². The number of thiophene rings is 1. The van der Waals surface area contributed by atoms with E-state index in [4.69, 9.17) is 0 Å². The SMILES string of the molecule is CSC1=C(C(=O)c2cccs2)CC(CBr)S1. The molecular weight excluding hydrogens is 324 g/mol. The van der Waals surface area contributed by atoms with E-state index in [-0.39, 0.29) is 5.78 Å². The minimum atomic E-state index is 0.218. The number of alkyl halides is 1. The van der Waals surface area contributed by atoms with Crippen LogP contribution in [0.5, 0.6) is 0 Å². The maximum Gasteiger partial charge on any atom is 0.200 e. The summed E-state index contributed by atoms with van der Waals surface area (Å²) in [6.45, 7) is 0. The van der Waals surface area contributed by atoms with Gasteiger partial charge in [-0.3, -0.25) is 4.79 Å². The third-order valence-electron chi connectivity index (χ3n) is 2.33. The van der Waals surface area contributed by atoms with Gasteiger partial charge >= 0.3 is 0 Å².